The maximum absolute atomic E-state index is 11.9. The second-order valence-corrected chi connectivity index (χ2v) is 2.67. The van der Waals surface area contributed by atoms with Gasteiger partial charge in [-0.25, -0.2) is 8.78 Å². The molecule has 8 heteroatoms. The van der Waals surface area contributed by atoms with Gasteiger partial charge in [0.25, 0.3) is 6.43 Å². The van der Waals surface area contributed by atoms with Crippen LogP contribution in [0.25, 0.3) is 0 Å². The van der Waals surface area contributed by atoms with Crippen molar-refractivity contribution in [3.63, 3.8) is 0 Å². The van der Waals surface area contributed by atoms with Gasteiger partial charge in [-0.3, -0.25) is 0 Å². The number of alkyl halides is 2. The number of aromatic nitrogens is 1. The molecular formula is C7H6BF2N3O2. The summed E-state index contributed by atoms with van der Waals surface area (Å²) in [5.41, 5.74) is 0.0534. The zero-order valence-electron chi connectivity index (χ0n) is 7.48. The van der Waals surface area contributed by atoms with Crippen molar-refractivity contribution in [1.82, 2.24) is 4.98 Å². The minimum Gasteiger partial charge on any atom is -0.372 e. The Hall–Kier alpha value is -1.73. The fourth-order valence-electron chi connectivity index (χ4n) is 0.936. The molecule has 1 aromatic heterocycles. The van der Waals surface area contributed by atoms with Crippen LogP contribution in [0.4, 0.5) is 20.3 Å². The standard InChI is InChI=1S/C7H6BF2N3O2/c8-4-1-5(11-3-6(9)10)7(12-2-4)13(14)15/h1-2,6,11H,3H2. The number of nitrogens with zero attached hydrogens (tertiary/aromatic N) is 2. The van der Waals surface area contributed by atoms with Gasteiger partial charge in [0.05, 0.1) is 6.54 Å². The number of pyridine rings is 1. The number of nitrogens with one attached hydrogen (secondary N) is 1. The van der Waals surface area contributed by atoms with Gasteiger partial charge in [0.2, 0.25) is 0 Å². The molecule has 0 saturated heterocycles. The van der Waals surface area contributed by atoms with Crippen LogP contribution in [-0.2, 0) is 0 Å². The molecule has 0 unspecified atom stereocenters. The summed E-state index contributed by atoms with van der Waals surface area (Å²) in [5.74, 6) is -0.523. The molecule has 1 N–H and O–H groups in total. The normalized spacial score (nSPS) is 10.3. The topological polar surface area (TPSA) is 68.1 Å². The van der Waals surface area contributed by atoms with Crippen LogP contribution in [0, 0.1) is 10.1 Å². The van der Waals surface area contributed by atoms with Crippen molar-refractivity contribution in [2.45, 2.75) is 6.43 Å². The van der Waals surface area contributed by atoms with Gasteiger partial charge < -0.3 is 15.4 Å². The molecule has 0 bridgehead atoms. The Balaban J connectivity index is 2.92. The van der Waals surface area contributed by atoms with E-state index < -0.39 is 23.7 Å². The molecule has 15 heavy (non-hydrogen) atoms. The number of rotatable bonds is 4. The molecule has 0 aromatic carbocycles. The van der Waals surface area contributed by atoms with E-state index in [2.05, 4.69) is 10.3 Å². The first-order chi connectivity index (χ1) is 7.00. The molecule has 0 spiro atoms. The lowest BCUT2D eigenvalue weighted by Gasteiger charge is -2.06. The van der Waals surface area contributed by atoms with E-state index in [9.17, 15) is 18.9 Å². The third-order valence-corrected chi connectivity index (χ3v) is 1.51. The van der Waals surface area contributed by atoms with Crippen LogP contribution in [0.2, 0.25) is 0 Å². The quantitative estimate of drug-likeness (QED) is 0.448. The SMILES string of the molecule is [B]c1cnc([N+](=O)[O-])c(NCC(F)F)c1. The van der Waals surface area contributed by atoms with Crippen LogP contribution in [0.15, 0.2) is 12.3 Å². The van der Waals surface area contributed by atoms with Crippen molar-refractivity contribution in [2.75, 3.05) is 11.9 Å². The molecule has 0 amide bonds. The molecule has 78 valence electrons. The molecule has 0 aliphatic carbocycles. The third kappa shape index (κ3) is 3.15. The van der Waals surface area contributed by atoms with E-state index in [0.717, 1.165) is 6.20 Å². The third-order valence-electron chi connectivity index (χ3n) is 1.51. The summed E-state index contributed by atoms with van der Waals surface area (Å²) >= 11 is 0. The van der Waals surface area contributed by atoms with Gasteiger partial charge in [-0.15, -0.1) is 0 Å². The summed E-state index contributed by atoms with van der Waals surface area (Å²) in [6.45, 7) is -0.689. The Morgan fingerprint density at radius 2 is 2.33 bits per heavy atom. The Kier molecular flexibility index (Phi) is 3.54. The molecule has 2 radical (unpaired) electrons. The Morgan fingerprint density at radius 1 is 1.67 bits per heavy atom. The maximum atomic E-state index is 11.9. The lowest BCUT2D eigenvalue weighted by Crippen LogP contribution is -2.15. The largest absolute Gasteiger partial charge is 0.386 e. The van der Waals surface area contributed by atoms with Gasteiger partial charge in [0.1, 0.15) is 19.7 Å². The van der Waals surface area contributed by atoms with Gasteiger partial charge in [-0.1, -0.05) is 5.46 Å². The first-order valence-electron chi connectivity index (χ1n) is 3.92. The molecule has 0 aliphatic heterocycles. The number of nitro groups is 1. The Labute approximate surface area is 85.1 Å². The average Bonchev–Trinajstić information content (AvgIpc) is 2.14. The fraction of sp³-hybridized carbons (Fsp3) is 0.286. The van der Waals surface area contributed by atoms with Crippen LogP contribution < -0.4 is 10.8 Å². The maximum Gasteiger partial charge on any atom is 0.386 e. The lowest BCUT2D eigenvalue weighted by molar-refractivity contribution is -0.388. The summed E-state index contributed by atoms with van der Waals surface area (Å²) in [5, 5.41) is 12.7. The van der Waals surface area contributed by atoms with E-state index >= 15 is 0 Å². The number of hydrogen-bond donors (Lipinski definition) is 1. The summed E-state index contributed by atoms with van der Waals surface area (Å²) in [6, 6.07) is 1.19. The number of anilines is 1. The summed E-state index contributed by atoms with van der Waals surface area (Å²) in [7, 11) is 5.32. The average molecular weight is 213 g/mol. The van der Waals surface area contributed by atoms with E-state index in [1.807, 2.05) is 0 Å². The van der Waals surface area contributed by atoms with E-state index in [1.165, 1.54) is 6.07 Å². The lowest BCUT2D eigenvalue weighted by atomic mass is 9.98. The van der Waals surface area contributed by atoms with Crippen molar-refractivity contribution in [2.24, 2.45) is 0 Å². The van der Waals surface area contributed by atoms with Crippen molar-refractivity contribution in [3.8, 4) is 0 Å². The molecule has 0 fully saturated rings. The Morgan fingerprint density at radius 3 is 2.87 bits per heavy atom. The minimum absolute atomic E-state index is 0.111. The predicted octanol–water partition coefficient (Wildman–Crippen LogP) is 0.461. The first kappa shape index (κ1) is 11.4. The molecule has 0 atom stereocenters. The minimum atomic E-state index is -2.61. The van der Waals surface area contributed by atoms with Crippen LogP contribution in [0.1, 0.15) is 0 Å². The zero-order chi connectivity index (χ0) is 11.4. The van der Waals surface area contributed by atoms with Gasteiger partial charge in [-0.05, 0) is 16.0 Å². The highest BCUT2D eigenvalue weighted by atomic mass is 19.3. The number of halogens is 2. The van der Waals surface area contributed by atoms with E-state index in [-0.39, 0.29) is 11.2 Å². The van der Waals surface area contributed by atoms with Gasteiger partial charge >= 0.3 is 5.82 Å². The predicted molar refractivity (Wildman–Crippen MR) is 50.8 cm³/mol. The summed E-state index contributed by atoms with van der Waals surface area (Å²) in [6.07, 6.45) is -1.52. The van der Waals surface area contributed by atoms with E-state index in [4.69, 9.17) is 7.85 Å². The smallest absolute Gasteiger partial charge is 0.372 e. The monoisotopic (exact) mass is 213 g/mol. The number of hydrogen-bond acceptors (Lipinski definition) is 4. The molecule has 0 aliphatic rings. The molecule has 1 heterocycles. The highest BCUT2D eigenvalue weighted by molar-refractivity contribution is 6.32. The molecular weight excluding hydrogens is 207 g/mol. The van der Waals surface area contributed by atoms with Crippen LogP contribution >= 0.6 is 0 Å². The van der Waals surface area contributed by atoms with Gasteiger partial charge in [0.15, 0.2) is 0 Å². The van der Waals surface area contributed by atoms with Gasteiger partial charge in [-0.2, -0.15) is 0 Å². The van der Waals surface area contributed by atoms with E-state index in [0.29, 0.717) is 0 Å². The van der Waals surface area contributed by atoms with Crippen LogP contribution in [0.3, 0.4) is 0 Å². The van der Waals surface area contributed by atoms with Crippen molar-refractivity contribution < 1.29 is 13.7 Å². The first-order valence-corrected chi connectivity index (χ1v) is 3.92. The highest BCUT2D eigenvalue weighted by Gasteiger charge is 2.15. The summed E-state index contributed by atoms with van der Waals surface area (Å²) in [4.78, 5) is 13.1. The fourth-order valence-corrected chi connectivity index (χ4v) is 0.936. The van der Waals surface area contributed by atoms with Crippen LogP contribution in [-0.4, -0.2) is 30.7 Å². The van der Waals surface area contributed by atoms with Crippen molar-refractivity contribution >= 4 is 24.8 Å². The molecule has 1 rings (SSSR count). The second-order valence-electron chi connectivity index (χ2n) is 2.67. The molecule has 1 aromatic rings. The molecule has 0 saturated carbocycles. The van der Waals surface area contributed by atoms with Crippen molar-refractivity contribution in [3.05, 3.63) is 22.4 Å². The highest BCUT2D eigenvalue weighted by Crippen LogP contribution is 2.18. The summed E-state index contributed by atoms with van der Waals surface area (Å²) < 4.78 is 23.7. The van der Waals surface area contributed by atoms with Gasteiger partial charge in [0, 0.05) is 0 Å². The second kappa shape index (κ2) is 4.67. The Bertz CT molecular complexity index is 375. The van der Waals surface area contributed by atoms with Crippen molar-refractivity contribution in [1.29, 1.82) is 0 Å². The zero-order valence-corrected chi connectivity index (χ0v) is 7.48. The molecule has 5 nitrogen and oxygen atoms in total. The van der Waals surface area contributed by atoms with E-state index in [1.54, 1.807) is 0 Å². The van der Waals surface area contributed by atoms with Crippen LogP contribution in [0.5, 0.6) is 0 Å².